The summed E-state index contributed by atoms with van der Waals surface area (Å²) in [6, 6.07) is 9.91. The highest BCUT2D eigenvalue weighted by atomic mass is 19.1. The molecule has 1 aromatic heterocycles. The summed E-state index contributed by atoms with van der Waals surface area (Å²) < 4.78 is 19.1. The molecule has 0 radical (unpaired) electrons. The topological polar surface area (TPSA) is 42.4 Å². The Morgan fingerprint density at radius 3 is 2.68 bits per heavy atom. The number of nitrogens with zero attached hydrogens (tertiary/aromatic N) is 1. The van der Waals surface area contributed by atoms with Gasteiger partial charge in [-0.25, -0.2) is 4.39 Å². The number of hydrogen-bond donors (Lipinski definition) is 1. The van der Waals surface area contributed by atoms with Crippen LogP contribution in [-0.4, -0.2) is 17.2 Å². The molecule has 0 fully saturated rings. The second-order valence-electron chi connectivity index (χ2n) is 4.59. The number of methoxy groups -OCH3 is 1. The van der Waals surface area contributed by atoms with Crippen molar-refractivity contribution in [3.8, 4) is 5.75 Å². The van der Waals surface area contributed by atoms with Crippen molar-refractivity contribution >= 4 is 0 Å². The summed E-state index contributed by atoms with van der Waals surface area (Å²) in [7, 11) is 1.45. The van der Waals surface area contributed by atoms with Crippen molar-refractivity contribution in [2.75, 3.05) is 7.11 Å². The second-order valence-corrected chi connectivity index (χ2v) is 4.59. The SMILES string of the molecule is COc1cccc(F)c1C(C)(O)Cc1ccccn1. The number of benzene rings is 1. The van der Waals surface area contributed by atoms with Gasteiger partial charge >= 0.3 is 0 Å². The minimum Gasteiger partial charge on any atom is -0.496 e. The highest BCUT2D eigenvalue weighted by Gasteiger charge is 2.31. The molecule has 1 unspecified atom stereocenters. The first-order valence-electron chi connectivity index (χ1n) is 6.00. The quantitative estimate of drug-likeness (QED) is 0.920. The normalized spacial score (nSPS) is 13.9. The van der Waals surface area contributed by atoms with E-state index in [4.69, 9.17) is 4.74 Å². The molecular formula is C15H16FNO2. The van der Waals surface area contributed by atoms with E-state index >= 15 is 0 Å². The number of halogens is 1. The van der Waals surface area contributed by atoms with Gasteiger partial charge in [0.2, 0.25) is 0 Å². The first kappa shape index (κ1) is 13.5. The van der Waals surface area contributed by atoms with E-state index in [1.54, 1.807) is 37.4 Å². The van der Waals surface area contributed by atoms with Crippen LogP contribution in [0.2, 0.25) is 0 Å². The summed E-state index contributed by atoms with van der Waals surface area (Å²) in [5.41, 5.74) is -0.536. The van der Waals surface area contributed by atoms with Gasteiger partial charge < -0.3 is 9.84 Å². The third-order valence-corrected chi connectivity index (χ3v) is 2.99. The third kappa shape index (κ3) is 2.90. The molecule has 1 N–H and O–H groups in total. The van der Waals surface area contributed by atoms with Crippen LogP contribution in [0.5, 0.6) is 5.75 Å². The Bertz CT molecular complexity index is 555. The van der Waals surface area contributed by atoms with E-state index < -0.39 is 11.4 Å². The van der Waals surface area contributed by atoms with E-state index in [2.05, 4.69) is 4.98 Å². The van der Waals surface area contributed by atoms with Crippen molar-refractivity contribution in [2.45, 2.75) is 18.9 Å². The van der Waals surface area contributed by atoms with Gasteiger partial charge in [-0.15, -0.1) is 0 Å². The number of rotatable bonds is 4. The molecule has 0 aliphatic heterocycles. The molecule has 2 aromatic rings. The zero-order valence-corrected chi connectivity index (χ0v) is 10.9. The number of ether oxygens (including phenoxy) is 1. The Morgan fingerprint density at radius 2 is 2.05 bits per heavy atom. The Labute approximate surface area is 111 Å². The molecule has 0 spiro atoms. The highest BCUT2D eigenvalue weighted by Crippen LogP contribution is 2.34. The molecular weight excluding hydrogens is 245 g/mol. The first-order valence-corrected chi connectivity index (χ1v) is 6.00. The Balaban J connectivity index is 2.39. The monoisotopic (exact) mass is 261 g/mol. The van der Waals surface area contributed by atoms with Gasteiger partial charge in [0.25, 0.3) is 0 Å². The van der Waals surface area contributed by atoms with Gasteiger partial charge in [-0.1, -0.05) is 12.1 Å². The molecule has 0 aliphatic rings. The summed E-state index contributed by atoms with van der Waals surface area (Å²) in [5, 5.41) is 10.6. The van der Waals surface area contributed by atoms with E-state index in [9.17, 15) is 9.50 Å². The molecule has 1 aromatic carbocycles. The van der Waals surface area contributed by atoms with Gasteiger partial charge in [-0.3, -0.25) is 4.98 Å². The Hall–Kier alpha value is -1.94. The molecule has 19 heavy (non-hydrogen) atoms. The van der Waals surface area contributed by atoms with Crippen molar-refractivity contribution in [1.82, 2.24) is 4.98 Å². The summed E-state index contributed by atoms with van der Waals surface area (Å²) in [4.78, 5) is 4.15. The van der Waals surface area contributed by atoms with E-state index in [0.29, 0.717) is 11.4 Å². The predicted molar refractivity (Wildman–Crippen MR) is 70.5 cm³/mol. The minimum atomic E-state index is -1.38. The number of aliphatic hydroxyl groups is 1. The lowest BCUT2D eigenvalue weighted by Crippen LogP contribution is -2.27. The van der Waals surface area contributed by atoms with Gasteiger partial charge in [0, 0.05) is 18.3 Å². The average Bonchev–Trinajstić information content (AvgIpc) is 2.38. The van der Waals surface area contributed by atoms with Gasteiger partial charge in [0.05, 0.1) is 18.3 Å². The molecule has 2 rings (SSSR count). The van der Waals surface area contributed by atoms with Gasteiger partial charge in [-0.2, -0.15) is 0 Å². The van der Waals surface area contributed by atoms with Gasteiger partial charge in [-0.05, 0) is 31.2 Å². The predicted octanol–water partition coefficient (Wildman–Crippen LogP) is 2.68. The maximum absolute atomic E-state index is 14.0. The van der Waals surface area contributed by atoms with Crippen LogP contribution in [0.25, 0.3) is 0 Å². The molecule has 0 aliphatic carbocycles. The van der Waals surface area contributed by atoms with Gasteiger partial charge in [0.15, 0.2) is 0 Å². The zero-order valence-electron chi connectivity index (χ0n) is 10.9. The van der Waals surface area contributed by atoms with Crippen molar-refractivity contribution in [1.29, 1.82) is 0 Å². The van der Waals surface area contributed by atoms with Crippen LogP contribution < -0.4 is 4.74 Å². The van der Waals surface area contributed by atoms with Crippen molar-refractivity contribution in [2.24, 2.45) is 0 Å². The van der Waals surface area contributed by atoms with Gasteiger partial charge in [0.1, 0.15) is 11.6 Å². The largest absolute Gasteiger partial charge is 0.496 e. The third-order valence-electron chi connectivity index (χ3n) is 2.99. The molecule has 1 heterocycles. The van der Waals surface area contributed by atoms with Crippen LogP contribution in [0.1, 0.15) is 18.2 Å². The van der Waals surface area contributed by atoms with Crippen LogP contribution in [0.15, 0.2) is 42.6 Å². The Kier molecular flexibility index (Phi) is 3.81. The molecule has 4 heteroatoms. The Morgan fingerprint density at radius 1 is 1.26 bits per heavy atom. The molecule has 100 valence electrons. The summed E-state index contributed by atoms with van der Waals surface area (Å²) in [6.07, 6.45) is 1.86. The molecule has 1 atom stereocenters. The van der Waals surface area contributed by atoms with E-state index in [0.717, 1.165) is 0 Å². The lowest BCUT2D eigenvalue weighted by atomic mass is 9.89. The van der Waals surface area contributed by atoms with Crippen molar-refractivity contribution in [3.05, 3.63) is 59.7 Å². The first-order chi connectivity index (χ1) is 9.04. The smallest absolute Gasteiger partial charge is 0.133 e. The summed E-state index contributed by atoms with van der Waals surface area (Å²) >= 11 is 0. The molecule has 0 saturated heterocycles. The zero-order chi connectivity index (χ0) is 13.9. The molecule has 0 bridgehead atoms. The minimum absolute atomic E-state index is 0.156. The highest BCUT2D eigenvalue weighted by molar-refractivity contribution is 5.39. The van der Waals surface area contributed by atoms with E-state index in [1.165, 1.54) is 13.2 Å². The van der Waals surface area contributed by atoms with E-state index in [-0.39, 0.29) is 12.0 Å². The maximum atomic E-state index is 14.0. The average molecular weight is 261 g/mol. The summed E-state index contributed by atoms with van der Waals surface area (Å²) in [6.45, 7) is 1.56. The standard InChI is InChI=1S/C15H16FNO2/c1-15(18,10-11-6-3-4-9-17-11)14-12(16)7-5-8-13(14)19-2/h3-9,18H,10H2,1-2H3. The summed E-state index contributed by atoms with van der Waals surface area (Å²) in [5.74, 6) is -0.152. The van der Waals surface area contributed by atoms with Crippen LogP contribution in [-0.2, 0) is 12.0 Å². The lowest BCUT2D eigenvalue weighted by molar-refractivity contribution is 0.0500. The second kappa shape index (κ2) is 5.36. The number of pyridine rings is 1. The van der Waals surface area contributed by atoms with Crippen molar-refractivity contribution in [3.63, 3.8) is 0 Å². The van der Waals surface area contributed by atoms with Crippen molar-refractivity contribution < 1.29 is 14.2 Å². The van der Waals surface area contributed by atoms with Crippen LogP contribution in [0.4, 0.5) is 4.39 Å². The maximum Gasteiger partial charge on any atom is 0.133 e. The molecule has 3 nitrogen and oxygen atoms in total. The molecule has 0 saturated carbocycles. The van der Waals surface area contributed by atoms with E-state index in [1.807, 2.05) is 6.07 Å². The van der Waals surface area contributed by atoms with Crippen LogP contribution in [0, 0.1) is 5.82 Å². The lowest BCUT2D eigenvalue weighted by Gasteiger charge is -2.25. The fourth-order valence-corrected chi connectivity index (χ4v) is 2.14. The fourth-order valence-electron chi connectivity index (χ4n) is 2.14. The fraction of sp³-hybridized carbons (Fsp3) is 0.267. The van der Waals surface area contributed by atoms with Crippen LogP contribution >= 0.6 is 0 Å². The molecule has 0 amide bonds. The number of aromatic nitrogens is 1. The van der Waals surface area contributed by atoms with Crippen LogP contribution in [0.3, 0.4) is 0 Å². The number of hydrogen-bond acceptors (Lipinski definition) is 3.